The molecule has 1 fully saturated rings. The Morgan fingerprint density at radius 2 is 1.97 bits per heavy atom. The Morgan fingerprint density at radius 3 is 2.45 bits per heavy atom. The number of nitro benzene ring substituents is 1. The Labute approximate surface area is 168 Å². The van der Waals surface area contributed by atoms with Crippen molar-refractivity contribution < 1.29 is 32.8 Å². The number of nitrogens with zero attached hydrogens (tertiary/aromatic N) is 2. The van der Waals surface area contributed by atoms with E-state index in [0.29, 0.717) is 0 Å². The molecule has 1 saturated heterocycles. The molecule has 11 heteroatoms. The predicted octanol–water partition coefficient (Wildman–Crippen LogP) is 2.77. The first-order chi connectivity index (χ1) is 13.3. The number of carboxylic acid groups (broad SMARTS) is 1. The van der Waals surface area contributed by atoms with Crippen molar-refractivity contribution >= 4 is 27.6 Å². The van der Waals surface area contributed by atoms with Crippen LogP contribution in [0.5, 0.6) is 0 Å². The maximum atomic E-state index is 12.7. The number of rotatable bonds is 5. The van der Waals surface area contributed by atoms with Crippen LogP contribution in [-0.4, -0.2) is 53.3 Å². The van der Waals surface area contributed by atoms with Crippen LogP contribution >= 0.6 is 0 Å². The van der Waals surface area contributed by atoms with E-state index in [2.05, 4.69) is 0 Å². The molecule has 29 heavy (non-hydrogen) atoms. The second-order valence-electron chi connectivity index (χ2n) is 7.73. The molecule has 0 aliphatic carbocycles. The highest BCUT2D eigenvalue weighted by Gasteiger charge is 2.45. The Kier molecular flexibility index (Phi) is 6.21. The summed E-state index contributed by atoms with van der Waals surface area (Å²) in [6.07, 6.45) is -0.745. The van der Waals surface area contributed by atoms with Gasteiger partial charge in [-0.15, -0.1) is 0 Å². The normalized spacial score (nSPS) is 19.8. The van der Waals surface area contributed by atoms with Gasteiger partial charge in [0.2, 0.25) is 0 Å². The molecule has 0 spiro atoms. The van der Waals surface area contributed by atoms with E-state index in [-0.39, 0.29) is 29.2 Å². The van der Waals surface area contributed by atoms with Crippen molar-refractivity contribution in [1.82, 2.24) is 4.90 Å². The molecule has 0 saturated carbocycles. The van der Waals surface area contributed by atoms with Gasteiger partial charge in [-0.3, -0.25) is 14.9 Å². The molecule has 1 amide bonds. The predicted molar refractivity (Wildman–Crippen MR) is 102 cm³/mol. The second-order valence-corrected chi connectivity index (χ2v) is 9.98. The summed E-state index contributed by atoms with van der Waals surface area (Å²) < 4.78 is 30.5. The van der Waals surface area contributed by atoms with Gasteiger partial charge < -0.3 is 14.7 Å². The Balaban J connectivity index is 2.69. The van der Waals surface area contributed by atoms with E-state index in [1.165, 1.54) is 6.92 Å². The zero-order valence-corrected chi connectivity index (χ0v) is 17.4. The van der Waals surface area contributed by atoms with E-state index in [1.54, 1.807) is 20.8 Å². The lowest BCUT2D eigenvalue weighted by atomic mass is 9.93. The van der Waals surface area contributed by atoms with Crippen LogP contribution < -0.4 is 0 Å². The summed E-state index contributed by atoms with van der Waals surface area (Å²) >= 11 is 0. The lowest BCUT2D eigenvalue weighted by Crippen LogP contribution is -2.38. The second kappa shape index (κ2) is 7.97. The highest BCUT2D eigenvalue weighted by molar-refractivity contribution is 7.91. The van der Waals surface area contributed by atoms with Gasteiger partial charge in [0, 0.05) is 24.2 Å². The first-order valence-corrected chi connectivity index (χ1v) is 10.7. The number of hydrogen-bond donors (Lipinski definition) is 1. The van der Waals surface area contributed by atoms with Crippen molar-refractivity contribution in [1.29, 1.82) is 0 Å². The van der Waals surface area contributed by atoms with Crippen LogP contribution in [0.4, 0.5) is 10.5 Å². The summed E-state index contributed by atoms with van der Waals surface area (Å²) in [6, 6.07) is 1.97. The van der Waals surface area contributed by atoms with Gasteiger partial charge in [-0.2, -0.15) is 0 Å². The minimum absolute atomic E-state index is 0.0187. The molecule has 1 aromatic rings. The molecule has 0 bridgehead atoms. The number of ether oxygens (including phenoxy) is 1. The molecule has 1 aliphatic heterocycles. The van der Waals surface area contributed by atoms with Crippen LogP contribution in [0.2, 0.25) is 0 Å². The summed E-state index contributed by atoms with van der Waals surface area (Å²) in [5.74, 6) is -2.64. The van der Waals surface area contributed by atoms with Crippen molar-refractivity contribution in [3.05, 3.63) is 33.9 Å². The van der Waals surface area contributed by atoms with E-state index in [4.69, 9.17) is 4.74 Å². The van der Waals surface area contributed by atoms with E-state index < -0.39 is 50.1 Å². The quantitative estimate of drug-likeness (QED) is 0.557. The zero-order valence-electron chi connectivity index (χ0n) is 16.6. The van der Waals surface area contributed by atoms with Crippen molar-refractivity contribution in [3.8, 4) is 0 Å². The lowest BCUT2D eigenvalue weighted by molar-refractivity contribution is -0.385. The number of carbonyl (C=O) groups is 2. The number of benzene rings is 1. The van der Waals surface area contributed by atoms with Crippen molar-refractivity contribution in [2.45, 2.75) is 50.7 Å². The van der Waals surface area contributed by atoms with Crippen LogP contribution in [0.3, 0.4) is 0 Å². The monoisotopic (exact) mass is 428 g/mol. The van der Waals surface area contributed by atoms with Gasteiger partial charge in [0.1, 0.15) is 5.60 Å². The van der Waals surface area contributed by atoms with Gasteiger partial charge in [-0.25, -0.2) is 13.2 Å². The molecule has 1 aliphatic rings. The third kappa shape index (κ3) is 4.84. The Morgan fingerprint density at radius 1 is 1.34 bits per heavy atom. The topological polar surface area (TPSA) is 144 Å². The van der Waals surface area contributed by atoms with E-state index in [0.717, 1.165) is 23.1 Å². The summed E-state index contributed by atoms with van der Waals surface area (Å²) in [6.45, 7) is 6.36. The number of non-ortho nitro benzene ring substituents is 1. The highest BCUT2D eigenvalue weighted by atomic mass is 32.2. The van der Waals surface area contributed by atoms with Gasteiger partial charge in [0.15, 0.2) is 9.84 Å². The molecular formula is C18H24N2O8S. The maximum Gasteiger partial charge on any atom is 0.410 e. The number of sulfone groups is 1. The van der Waals surface area contributed by atoms with Gasteiger partial charge in [0.05, 0.1) is 27.5 Å². The summed E-state index contributed by atoms with van der Waals surface area (Å²) in [5, 5.41) is 20.9. The van der Waals surface area contributed by atoms with Gasteiger partial charge >= 0.3 is 12.1 Å². The maximum absolute atomic E-state index is 12.7. The van der Waals surface area contributed by atoms with E-state index in [9.17, 15) is 33.2 Å². The largest absolute Gasteiger partial charge is 0.481 e. The minimum atomic E-state index is -3.84. The molecule has 2 atom stereocenters. The average molecular weight is 428 g/mol. The van der Waals surface area contributed by atoms with Crippen molar-refractivity contribution in [2.75, 3.05) is 12.3 Å². The standard InChI is InChI=1S/C18H24N2O8S/c1-5-29(26,27)14-7-6-11(20(24)25)10-13(14)15-12(16(21)22)8-9-19(15)17(23)28-18(2,3)4/h6-7,10,12,15H,5,8-9H2,1-4H3,(H,21,22)/t12-,15+/m0/s1. The third-order valence-corrected chi connectivity index (χ3v) is 6.38. The Hall–Kier alpha value is -2.69. The molecule has 160 valence electrons. The molecule has 0 radical (unpaired) electrons. The summed E-state index contributed by atoms with van der Waals surface area (Å²) in [5.41, 5.74) is -1.34. The molecule has 0 unspecified atom stereocenters. The molecule has 1 heterocycles. The van der Waals surface area contributed by atoms with E-state index in [1.807, 2.05) is 0 Å². The van der Waals surface area contributed by atoms with Crippen LogP contribution in [0.25, 0.3) is 0 Å². The number of hydrogen-bond acceptors (Lipinski definition) is 7. The van der Waals surface area contributed by atoms with Crippen molar-refractivity contribution in [3.63, 3.8) is 0 Å². The smallest absolute Gasteiger partial charge is 0.410 e. The fourth-order valence-corrected chi connectivity index (χ4v) is 4.41. The number of likely N-dealkylation sites (tertiary alicyclic amines) is 1. The number of nitro groups is 1. The first kappa shape index (κ1) is 22.6. The lowest BCUT2D eigenvalue weighted by Gasteiger charge is -2.31. The first-order valence-electron chi connectivity index (χ1n) is 9.02. The molecular weight excluding hydrogens is 404 g/mol. The molecule has 1 N–H and O–H groups in total. The fraction of sp³-hybridized carbons (Fsp3) is 0.556. The SMILES string of the molecule is CCS(=O)(=O)c1ccc([N+](=O)[O-])cc1[C@H]1[C@@H](C(=O)O)CCN1C(=O)OC(C)(C)C. The van der Waals surface area contributed by atoms with Crippen LogP contribution in [0.1, 0.15) is 45.7 Å². The van der Waals surface area contributed by atoms with Crippen LogP contribution in [-0.2, 0) is 19.4 Å². The van der Waals surface area contributed by atoms with Crippen molar-refractivity contribution in [2.24, 2.45) is 5.92 Å². The summed E-state index contributed by atoms with van der Waals surface area (Å²) in [4.78, 5) is 36.0. The number of amides is 1. The number of carbonyl (C=O) groups excluding carboxylic acids is 1. The fourth-order valence-electron chi connectivity index (χ4n) is 3.28. The van der Waals surface area contributed by atoms with Gasteiger partial charge in [-0.05, 0) is 33.3 Å². The molecule has 10 nitrogen and oxygen atoms in total. The average Bonchev–Trinajstić information content (AvgIpc) is 3.05. The van der Waals surface area contributed by atoms with Crippen LogP contribution in [0, 0.1) is 16.0 Å². The van der Waals surface area contributed by atoms with Gasteiger partial charge in [0.25, 0.3) is 5.69 Å². The van der Waals surface area contributed by atoms with E-state index >= 15 is 0 Å². The molecule has 2 rings (SSSR count). The molecule has 1 aromatic carbocycles. The van der Waals surface area contributed by atoms with Crippen LogP contribution in [0.15, 0.2) is 23.1 Å². The molecule has 0 aromatic heterocycles. The number of carboxylic acids is 1. The Bertz CT molecular complexity index is 936. The minimum Gasteiger partial charge on any atom is -0.481 e. The van der Waals surface area contributed by atoms with Gasteiger partial charge in [-0.1, -0.05) is 6.92 Å². The third-order valence-electron chi connectivity index (χ3n) is 4.58. The highest BCUT2D eigenvalue weighted by Crippen LogP contribution is 2.42. The number of aliphatic carboxylic acids is 1. The zero-order chi connectivity index (χ0) is 22.1. The summed E-state index contributed by atoms with van der Waals surface area (Å²) in [7, 11) is -3.84.